The second-order valence-electron chi connectivity index (χ2n) is 7.41. The minimum Gasteiger partial charge on any atom is -0.354 e. The minimum absolute atomic E-state index is 0.146. The third-order valence-corrected chi connectivity index (χ3v) is 6.74. The van der Waals surface area contributed by atoms with Crippen LogP contribution in [-0.4, -0.2) is 50.5 Å². The fourth-order valence-corrected chi connectivity index (χ4v) is 4.45. The van der Waals surface area contributed by atoms with Gasteiger partial charge in [0.15, 0.2) is 0 Å². The fraction of sp³-hybridized carbons (Fsp3) is 0.364. The Kier molecular flexibility index (Phi) is 9.51. The largest absolute Gasteiger partial charge is 0.354 e. The molecule has 0 aliphatic carbocycles. The van der Waals surface area contributed by atoms with Gasteiger partial charge < -0.3 is 10.2 Å². The number of hydrogen-bond donors (Lipinski definition) is 1. The Morgan fingerprint density at radius 1 is 1.09 bits per heavy atom. The van der Waals surface area contributed by atoms with Crippen LogP contribution in [0.25, 0.3) is 0 Å². The molecule has 0 aliphatic rings. The Labute approximate surface area is 203 Å². The van der Waals surface area contributed by atoms with E-state index in [-0.39, 0.29) is 22.3 Å². The van der Waals surface area contributed by atoms with Gasteiger partial charge in [-0.1, -0.05) is 48.3 Å². The van der Waals surface area contributed by atoms with E-state index in [0.29, 0.717) is 22.8 Å². The van der Waals surface area contributed by atoms with Gasteiger partial charge in [0.05, 0.1) is 11.9 Å². The summed E-state index contributed by atoms with van der Waals surface area (Å²) in [6, 6.07) is 9.08. The van der Waals surface area contributed by atoms with E-state index in [1.54, 1.807) is 18.2 Å². The van der Waals surface area contributed by atoms with Crippen molar-refractivity contribution in [1.29, 1.82) is 0 Å². The van der Waals surface area contributed by atoms with Crippen molar-refractivity contribution >= 4 is 50.7 Å². The summed E-state index contributed by atoms with van der Waals surface area (Å²) in [6.07, 6.45) is 1.57. The molecule has 0 aromatic heterocycles. The molecule has 0 heterocycles. The van der Waals surface area contributed by atoms with Crippen molar-refractivity contribution in [3.05, 3.63) is 63.9 Å². The zero-order chi connectivity index (χ0) is 24.8. The normalized spacial score (nSPS) is 12.2. The first-order valence-electron chi connectivity index (χ1n) is 10.2. The summed E-state index contributed by atoms with van der Waals surface area (Å²) >= 11 is 12.5. The van der Waals surface area contributed by atoms with Gasteiger partial charge in [0, 0.05) is 28.7 Å². The van der Waals surface area contributed by atoms with Crippen LogP contribution in [0.4, 0.5) is 10.1 Å². The summed E-state index contributed by atoms with van der Waals surface area (Å²) in [7, 11) is -4.03. The molecule has 0 bridgehead atoms. The summed E-state index contributed by atoms with van der Waals surface area (Å²) in [5.41, 5.74) is 0.133. The van der Waals surface area contributed by atoms with Gasteiger partial charge in [-0.2, -0.15) is 0 Å². The average Bonchev–Trinajstić information content (AvgIpc) is 2.75. The summed E-state index contributed by atoms with van der Waals surface area (Å²) in [4.78, 5) is 27.2. The average molecular weight is 518 g/mol. The monoisotopic (exact) mass is 517 g/mol. The molecule has 2 amide bonds. The maximum Gasteiger partial charge on any atom is 0.244 e. The van der Waals surface area contributed by atoms with Crippen molar-refractivity contribution in [3.8, 4) is 0 Å². The van der Waals surface area contributed by atoms with Crippen LogP contribution >= 0.6 is 23.2 Å². The molecule has 0 saturated carbocycles. The molecule has 2 rings (SSSR count). The van der Waals surface area contributed by atoms with E-state index in [0.717, 1.165) is 12.3 Å². The third-order valence-electron chi connectivity index (χ3n) is 4.91. The predicted octanol–water partition coefficient (Wildman–Crippen LogP) is 3.84. The van der Waals surface area contributed by atoms with Crippen molar-refractivity contribution in [3.63, 3.8) is 0 Å². The Hall–Kier alpha value is -2.36. The number of benzene rings is 2. The van der Waals surface area contributed by atoms with Crippen LogP contribution in [0.1, 0.15) is 25.8 Å². The number of halogens is 3. The molecule has 7 nitrogen and oxygen atoms in total. The molecular weight excluding hydrogens is 492 g/mol. The van der Waals surface area contributed by atoms with E-state index in [2.05, 4.69) is 5.32 Å². The molecule has 1 atom stereocenters. The molecule has 0 aliphatic heterocycles. The highest BCUT2D eigenvalue weighted by Gasteiger charge is 2.31. The first kappa shape index (κ1) is 26.9. The van der Waals surface area contributed by atoms with Crippen LogP contribution < -0.4 is 9.62 Å². The lowest BCUT2D eigenvalue weighted by Gasteiger charge is -2.32. The van der Waals surface area contributed by atoms with Gasteiger partial charge in [-0.3, -0.25) is 13.9 Å². The summed E-state index contributed by atoms with van der Waals surface area (Å²) < 4.78 is 39.9. The number of carbonyl (C=O) groups excluding carboxylic acids is 2. The Balaban J connectivity index is 2.45. The SMILES string of the molecule is CCCNC(=O)C(C)N(Cc1c(Cl)cccc1Cl)C(=O)CN(c1ccccc1F)S(C)(=O)=O. The van der Waals surface area contributed by atoms with Crippen LogP contribution in [0.15, 0.2) is 42.5 Å². The maximum absolute atomic E-state index is 14.4. The number of rotatable bonds is 10. The van der Waals surface area contributed by atoms with E-state index in [1.807, 2.05) is 6.92 Å². The molecule has 0 fully saturated rings. The highest BCUT2D eigenvalue weighted by atomic mass is 35.5. The van der Waals surface area contributed by atoms with E-state index in [1.165, 1.54) is 30.0 Å². The number of sulfonamides is 1. The number of anilines is 1. The minimum atomic E-state index is -4.03. The van der Waals surface area contributed by atoms with Crippen LogP contribution in [0.3, 0.4) is 0 Å². The standard InChI is InChI=1S/C22H26Cl2FN3O4S/c1-4-12-26-22(30)15(2)27(13-16-17(23)8-7-9-18(16)24)21(29)14-28(33(3,31)32)20-11-6-5-10-19(20)25/h5-11,15H,4,12-14H2,1-3H3,(H,26,30). The zero-order valence-corrected chi connectivity index (χ0v) is 20.8. The molecular formula is C22H26Cl2FN3O4S. The van der Waals surface area contributed by atoms with Gasteiger partial charge in [0.2, 0.25) is 21.8 Å². The maximum atomic E-state index is 14.4. The van der Waals surface area contributed by atoms with Crippen LogP contribution in [0, 0.1) is 5.82 Å². The lowest BCUT2D eigenvalue weighted by Crippen LogP contribution is -2.51. The highest BCUT2D eigenvalue weighted by molar-refractivity contribution is 7.92. The smallest absolute Gasteiger partial charge is 0.244 e. The molecule has 180 valence electrons. The fourth-order valence-electron chi connectivity index (χ4n) is 3.08. The number of amides is 2. The number of nitrogens with one attached hydrogen (secondary N) is 1. The second kappa shape index (κ2) is 11.7. The van der Waals surface area contributed by atoms with Crippen molar-refractivity contribution in [2.24, 2.45) is 0 Å². The first-order chi connectivity index (χ1) is 15.5. The van der Waals surface area contributed by atoms with Crippen molar-refractivity contribution in [2.45, 2.75) is 32.9 Å². The molecule has 11 heteroatoms. The number of para-hydroxylation sites is 1. The number of hydrogen-bond acceptors (Lipinski definition) is 4. The predicted molar refractivity (Wildman–Crippen MR) is 128 cm³/mol. The summed E-state index contributed by atoms with van der Waals surface area (Å²) in [6.45, 7) is 2.94. The molecule has 2 aromatic rings. The molecule has 0 spiro atoms. The second-order valence-corrected chi connectivity index (χ2v) is 10.1. The van der Waals surface area contributed by atoms with E-state index in [4.69, 9.17) is 23.2 Å². The summed E-state index contributed by atoms with van der Waals surface area (Å²) in [5, 5.41) is 3.29. The van der Waals surface area contributed by atoms with Crippen LogP contribution in [-0.2, 0) is 26.2 Å². The van der Waals surface area contributed by atoms with E-state index < -0.39 is 40.2 Å². The van der Waals surface area contributed by atoms with Crippen molar-refractivity contribution < 1.29 is 22.4 Å². The topological polar surface area (TPSA) is 86.8 Å². The molecule has 1 N–H and O–H groups in total. The van der Waals surface area contributed by atoms with Crippen LogP contribution in [0.2, 0.25) is 10.0 Å². The molecule has 0 saturated heterocycles. The zero-order valence-electron chi connectivity index (χ0n) is 18.5. The van der Waals surface area contributed by atoms with Gasteiger partial charge in [-0.25, -0.2) is 12.8 Å². The van der Waals surface area contributed by atoms with Gasteiger partial charge in [-0.05, 0) is 37.6 Å². The van der Waals surface area contributed by atoms with Gasteiger partial charge in [0.1, 0.15) is 18.4 Å². The molecule has 33 heavy (non-hydrogen) atoms. The highest BCUT2D eigenvalue weighted by Crippen LogP contribution is 2.27. The Bertz CT molecular complexity index is 1090. The van der Waals surface area contributed by atoms with Crippen molar-refractivity contribution in [2.75, 3.05) is 23.7 Å². The summed E-state index contributed by atoms with van der Waals surface area (Å²) in [5.74, 6) is -1.95. The lowest BCUT2D eigenvalue weighted by molar-refractivity contribution is -0.139. The number of carbonyl (C=O) groups is 2. The van der Waals surface area contributed by atoms with Crippen LogP contribution in [0.5, 0.6) is 0 Å². The van der Waals surface area contributed by atoms with Gasteiger partial charge in [-0.15, -0.1) is 0 Å². The van der Waals surface area contributed by atoms with Crippen molar-refractivity contribution in [1.82, 2.24) is 10.2 Å². The quantitative estimate of drug-likeness (QED) is 0.518. The molecule has 0 radical (unpaired) electrons. The van der Waals surface area contributed by atoms with Gasteiger partial charge in [0.25, 0.3) is 0 Å². The third kappa shape index (κ3) is 7.06. The lowest BCUT2D eigenvalue weighted by atomic mass is 10.1. The van der Waals surface area contributed by atoms with E-state index in [9.17, 15) is 22.4 Å². The number of nitrogens with zero attached hydrogens (tertiary/aromatic N) is 2. The molecule has 1 unspecified atom stereocenters. The Morgan fingerprint density at radius 3 is 2.24 bits per heavy atom. The first-order valence-corrected chi connectivity index (χ1v) is 12.8. The van der Waals surface area contributed by atoms with E-state index >= 15 is 0 Å². The Morgan fingerprint density at radius 2 is 1.70 bits per heavy atom. The molecule has 2 aromatic carbocycles. The van der Waals surface area contributed by atoms with Gasteiger partial charge >= 0.3 is 0 Å².